The lowest BCUT2D eigenvalue weighted by molar-refractivity contribution is 0.102. The van der Waals surface area contributed by atoms with E-state index < -0.39 is 10.8 Å². The van der Waals surface area contributed by atoms with Gasteiger partial charge >= 0.3 is 0 Å². The molecule has 0 saturated carbocycles. The summed E-state index contributed by atoms with van der Waals surface area (Å²) in [6.45, 7) is 0. The van der Waals surface area contributed by atoms with Gasteiger partial charge < -0.3 is 0 Å². The summed E-state index contributed by atoms with van der Waals surface area (Å²) in [5.74, 6) is -0.335. The van der Waals surface area contributed by atoms with Gasteiger partial charge in [0.15, 0.2) is 5.78 Å². The molecule has 0 fully saturated rings. The third kappa shape index (κ3) is 3.70. The van der Waals surface area contributed by atoms with Crippen molar-refractivity contribution in [3.8, 4) is 0 Å². The number of carbonyl (C=O) groups excluding carboxylic acids is 1. The first-order valence-corrected chi connectivity index (χ1v) is 8.47. The Morgan fingerprint density at radius 2 is 1.80 bits per heavy atom. The van der Waals surface area contributed by atoms with E-state index in [1.807, 2.05) is 6.07 Å². The molecule has 0 aliphatic carbocycles. The molecule has 0 amide bonds. The lowest BCUT2D eigenvalue weighted by atomic mass is 10.1. The van der Waals surface area contributed by atoms with Gasteiger partial charge in [-0.3, -0.25) is 9.00 Å². The van der Waals surface area contributed by atoms with Gasteiger partial charge in [0.25, 0.3) is 0 Å². The maximum atomic E-state index is 12.2. The predicted octanol–water partition coefficient (Wildman–Crippen LogP) is 4.75. The highest BCUT2D eigenvalue weighted by Gasteiger charge is 2.15. The summed E-state index contributed by atoms with van der Waals surface area (Å²) in [7, 11) is -1.41. The summed E-state index contributed by atoms with van der Waals surface area (Å²) in [6, 6.07) is 11.7. The Balaban J connectivity index is 2.17. The monoisotopic (exact) mass is 390 g/mol. The number of hydrogen-bond acceptors (Lipinski definition) is 2. The zero-order chi connectivity index (χ0) is 14.7. The van der Waals surface area contributed by atoms with Gasteiger partial charge in [-0.15, -0.1) is 0 Å². The number of ketones is 1. The van der Waals surface area contributed by atoms with E-state index >= 15 is 0 Å². The van der Waals surface area contributed by atoms with Crippen molar-refractivity contribution in [1.82, 2.24) is 0 Å². The molecule has 0 bridgehead atoms. The van der Waals surface area contributed by atoms with Gasteiger partial charge in [0.2, 0.25) is 0 Å². The van der Waals surface area contributed by atoms with Crippen LogP contribution >= 0.6 is 39.1 Å². The van der Waals surface area contributed by atoms with Crippen molar-refractivity contribution < 1.29 is 9.00 Å². The second-order valence-electron chi connectivity index (χ2n) is 3.97. The summed E-state index contributed by atoms with van der Waals surface area (Å²) in [4.78, 5) is 12.7. The molecule has 2 rings (SSSR count). The molecule has 1 unspecified atom stereocenters. The van der Waals surface area contributed by atoms with Crippen molar-refractivity contribution in [2.24, 2.45) is 0 Å². The highest BCUT2D eigenvalue weighted by atomic mass is 79.9. The van der Waals surface area contributed by atoms with Gasteiger partial charge in [0.1, 0.15) is 0 Å². The van der Waals surface area contributed by atoms with Crippen LogP contribution in [0.4, 0.5) is 0 Å². The summed E-state index contributed by atoms with van der Waals surface area (Å²) in [5, 5.41) is 0.694. The van der Waals surface area contributed by atoms with Gasteiger partial charge in [0.05, 0.1) is 31.5 Å². The maximum absolute atomic E-state index is 12.2. The number of carbonyl (C=O) groups is 1. The first-order valence-electron chi connectivity index (χ1n) is 5.60. The second kappa shape index (κ2) is 6.85. The van der Waals surface area contributed by atoms with Crippen molar-refractivity contribution in [3.05, 3.63) is 62.5 Å². The van der Waals surface area contributed by atoms with Crippen molar-refractivity contribution in [3.63, 3.8) is 0 Å². The maximum Gasteiger partial charge on any atom is 0.175 e. The lowest BCUT2D eigenvalue weighted by Crippen LogP contribution is -2.11. The minimum Gasteiger partial charge on any atom is -0.293 e. The SMILES string of the molecule is O=C(CS(=O)c1ccccc1Br)c1ccc(Cl)c(Cl)c1. The molecule has 0 aliphatic rings. The molecule has 2 aromatic rings. The molecule has 1 atom stereocenters. The van der Waals surface area contributed by atoms with E-state index in [0.717, 1.165) is 4.47 Å². The lowest BCUT2D eigenvalue weighted by Gasteiger charge is -2.05. The first-order chi connectivity index (χ1) is 9.49. The first kappa shape index (κ1) is 15.7. The van der Waals surface area contributed by atoms with Gasteiger partial charge in [0, 0.05) is 10.0 Å². The molecule has 0 N–H and O–H groups in total. The third-order valence-electron chi connectivity index (χ3n) is 2.59. The number of hydrogen-bond donors (Lipinski definition) is 0. The molecular weight excluding hydrogens is 383 g/mol. The Bertz CT molecular complexity index is 689. The Labute approximate surface area is 137 Å². The van der Waals surface area contributed by atoms with Crippen LogP contribution in [0.3, 0.4) is 0 Å². The number of rotatable bonds is 4. The van der Waals surface area contributed by atoms with E-state index in [2.05, 4.69) is 15.9 Å². The van der Waals surface area contributed by atoms with E-state index in [1.165, 1.54) is 6.07 Å². The molecule has 0 saturated heterocycles. The standard InChI is InChI=1S/C14H9BrCl2O2S/c15-10-3-1-2-4-14(10)20(19)8-13(18)9-5-6-11(16)12(17)7-9/h1-7H,8H2. The third-order valence-corrected chi connectivity index (χ3v) is 5.65. The average Bonchev–Trinajstić information content (AvgIpc) is 2.42. The minimum absolute atomic E-state index is 0.0967. The molecule has 2 aromatic carbocycles. The van der Waals surface area contributed by atoms with Crippen LogP contribution < -0.4 is 0 Å². The van der Waals surface area contributed by atoms with Gasteiger partial charge in [-0.05, 0) is 46.3 Å². The average molecular weight is 392 g/mol. The largest absolute Gasteiger partial charge is 0.293 e. The van der Waals surface area contributed by atoms with Crippen molar-refractivity contribution in [1.29, 1.82) is 0 Å². The van der Waals surface area contributed by atoms with E-state index in [-0.39, 0.29) is 11.5 Å². The number of benzene rings is 2. The second-order valence-corrected chi connectivity index (χ2v) is 7.06. The number of halogens is 3. The fraction of sp³-hybridized carbons (Fsp3) is 0.0714. The van der Waals surface area contributed by atoms with Gasteiger partial charge in [-0.1, -0.05) is 35.3 Å². The Kier molecular flexibility index (Phi) is 5.38. The smallest absolute Gasteiger partial charge is 0.175 e. The highest BCUT2D eigenvalue weighted by molar-refractivity contribution is 9.10. The van der Waals surface area contributed by atoms with Crippen LogP contribution in [-0.2, 0) is 10.8 Å². The highest BCUT2D eigenvalue weighted by Crippen LogP contribution is 2.24. The molecule has 0 heterocycles. The molecule has 2 nitrogen and oxygen atoms in total. The quantitative estimate of drug-likeness (QED) is 0.705. The Morgan fingerprint density at radius 3 is 2.45 bits per heavy atom. The van der Waals surface area contributed by atoms with Crippen LogP contribution in [0.15, 0.2) is 51.8 Å². The Hall–Kier alpha value is -0.680. The summed E-state index contributed by atoms with van der Waals surface area (Å²) >= 11 is 15.0. The molecule has 20 heavy (non-hydrogen) atoms. The van der Waals surface area contributed by atoms with E-state index in [1.54, 1.807) is 30.3 Å². The molecule has 0 radical (unpaired) electrons. The predicted molar refractivity (Wildman–Crippen MR) is 86.2 cm³/mol. The van der Waals surface area contributed by atoms with Crippen molar-refractivity contribution >= 4 is 55.7 Å². The normalized spacial score (nSPS) is 12.2. The summed E-state index contributed by atoms with van der Waals surface area (Å²) < 4.78 is 12.9. The Morgan fingerprint density at radius 1 is 1.10 bits per heavy atom. The minimum atomic E-state index is -1.41. The van der Waals surface area contributed by atoms with E-state index in [9.17, 15) is 9.00 Å². The number of Topliss-reactive ketones (excluding diaryl/α,β-unsaturated/α-hetero) is 1. The van der Waals surface area contributed by atoms with E-state index in [4.69, 9.17) is 23.2 Å². The fourth-order valence-electron chi connectivity index (χ4n) is 1.58. The van der Waals surface area contributed by atoms with Crippen molar-refractivity contribution in [2.45, 2.75) is 4.90 Å². The van der Waals surface area contributed by atoms with Crippen LogP contribution in [-0.4, -0.2) is 15.7 Å². The topological polar surface area (TPSA) is 34.1 Å². The van der Waals surface area contributed by atoms with Gasteiger partial charge in [-0.2, -0.15) is 0 Å². The van der Waals surface area contributed by atoms with Crippen LogP contribution in [0, 0.1) is 0 Å². The fourth-order valence-corrected chi connectivity index (χ4v) is 3.78. The molecule has 0 spiro atoms. The zero-order valence-corrected chi connectivity index (χ0v) is 14.0. The molecule has 0 aromatic heterocycles. The summed E-state index contributed by atoms with van der Waals surface area (Å²) in [6.07, 6.45) is 0. The van der Waals surface area contributed by atoms with E-state index in [0.29, 0.717) is 20.5 Å². The molecule has 0 aliphatic heterocycles. The molecular formula is C14H9BrCl2O2S. The van der Waals surface area contributed by atoms with Crippen LogP contribution in [0.25, 0.3) is 0 Å². The molecule has 6 heteroatoms. The summed E-state index contributed by atoms with van der Waals surface area (Å²) in [5.41, 5.74) is 0.403. The molecule has 104 valence electrons. The van der Waals surface area contributed by atoms with Crippen LogP contribution in [0.5, 0.6) is 0 Å². The van der Waals surface area contributed by atoms with Crippen LogP contribution in [0.1, 0.15) is 10.4 Å². The van der Waals surface area contributed by atoms with Crippen molar-refractivity contribution in [2.75, 3.05) is 5.75 Å². The van der Waals surface area contributed by atoms with Gasteiger partial charge in [-0.25, -0.2) is 0 Å². The zero-order valence-electron chi connectivity index (χ0n) is 10.1. The van der Waals surface area contributed by atoms with Crippen LogP contribution in [0.2, 0.25) is 10.0 Å².